The molecule has 3 atom stereocenters. The van der Waals surface area contributed by atoms with Crippen molar-refractivity contribution < 1.29 is 145 Å². The molecule has 2 N–H and O–H groups in total. The van der Waals surface area contributed by atoms with Crippen molar-refractivity contribution in [1.29, 1.82) is 0 Å². The van der Waals surface area contributed by atoms with Crippen LogP contribution in [-0.4, -0.2) is 150 Å². The number of carbonyl (C=O) groups is 2. The Hall–Kier alpha value is -5.82. The molecule has 0 radical (unpaired) electrons. The minimum Gasteiger partial charge on any atom is 0 e. The van der Waals surface area contributed by atoms with E-state index in [0.717, 1.165) is 43.3 Å². The average molecular weight is 1870 g/mol. The van der Waals surface area contributed by atoms with E-state index < -0.39 is 95.9 Å². The van der Waals surface area contributed by atoms with Gasteiger partial charge < -0.3 is 34.6 Å². The van der Waals surface area contributed by atoms with Crippen molar-refractivity contribution in [3.8, 4) is 0 Å². The zero-order valence-electron chi connectivity index (χ0n) is 53.0. The molecule has 21 nitrogen and oxygen atoms in total. The van der Waals surface area contributed by atoms with Gasteiger partial charge in [-0.15, -0.1) is 0 Å². The molecule has 10 heterocycles. The third-order valence-electron chi connectivity index (χ3n) is 12.0. The topological polar surface area (TPSA) is 262 Å². The van der Waals surface area contributed by atoms with Gasteiger partial charge in [0.15, 0.2) is 6.29 Å². The van der Waals surface area contributed by atoms with Crippen LogP contribution in [0.2, 0.25) is 25.1 Å². The van der Waals surface area contributed by atoms with Gasteiger partial charge in [0.25, 0.3) is 0 Å². The molecule has 0 bridgehead atoms. The first-order chi connectivity index (χ1) is 46.5. The van der Waals surface area contributed by atoms with Gasteiger partial charge in [0.2, 0.25) is 5.78 Å². The van der Waals surface area contributed by atoms with E-state index >= 15 is 0 Å². The number of carbonyl (C=O) groups excluding carboxylic acids is 2. The van der Waals surface area contributed by atoms with E-state index in [9.17, 15) is 85.7 Å². The summed E-state index contributed by atoms with van der Waals surface area (Å²) in [5.74, 6) is -0.738. The summed E-state index contributed by atoms with van der Waals surface area (Å²) >= 11 is 29.9. The number of alkyl halides is 15. The maximum Gasteiger partial charge on any atom is 0 e. The molecule has 0 aliphatic rings. The Balaban J connectivity index is 0.00000123. The normalized spacial score (nSPS) is 12.1. The third-order valence-corrected chi connectivity index (χ3v) is 14.7. The minimum absolute atomic E-state index is 0. The van der Waals surface area contributed by atoms with Crippen LogP contribution in [0, 0.1) is 11.0 Å². The summed E-state index contributed by atoms with van der Waals surface area (Å²) in [6.45, 7) is -2.68. The standard InChI is InChI=1S/C12H11ClF3N3O.C12H11ClF3N3.C11H9ClF3N3O.C11H7ClF3N3O.C6H5F3N2O.C5H3ClIN.CH3.BrH.Mg.Mn.2O.Zn/c1-11(20,8-2-4-17-6-9(8)13)10-3-5-19(18-10)7-12(14,15)16;1-8(9-2-4-17-6-10(9)13)11-3-5-19(18-11)7-12(14,15)16;2*12-8-5-16-3-1-7(8)10(19)9-2-4-18(17-9)6-11(13,14)15;7-6(8,9)4-11-2-1-5(3-12)10-11;6-4-3-8-2-1-5(4)7;;;;;;;/h2-6,20H,7H2,1H3;2-6,8H,7H2,1H3;1-5,10,19H,6H2;1-5H,6H2;1-3H,4H2;1-3H;1H3;1H;;;;;/q;;;;;;-1;;+2;;;;/p-1. The number of hydrogen-bond donors (Lipinski definition) is 2. The summed E-state index contributed by atoms with van der Waals surface area (Å²) in [5, 5.41) is 40.5. The van der Waals surface area contributed by atoms with Gasteiger partial charge in [0.1, 0.15) is 55.8 Å². The van der Waals surface area contributed by atoms with E-state index in [1.165, 1.54) is 99.0 Å². The molecule has 46 heteroatoms. The van der Waals surface area contributed by atoms with Gasteiger partial charge in [-0.25, -0.2) is 0 Å². The minimum atomic E-state index is -4.39. The van der Waals surface area contributed by atoms with Crippen molar-refractivity contribution in [2.24, 2.45) is 0 Å². The number of ketones is 1. The van der Waals surface area contributed by atoms with Gasteiger partial charge in [-0.05, 0) is 95.7 Å². The van der Waals surface area contributed by atoms with E-state index in [1.807, 2.05) is 13.0 Å². The van der Waals surface area contributed by atoms with Gasteiger partial charge in [0.05, 0.1) is 42.2 Å². The van der Waals surface area contributed by atoms with Gasteiger partial charge in [0, 0.05) is 139 Å². The number of halogens is 22. The van der Waals surface area contributed by atoms with Crippen molar-refractivity contribution in [2.75, 3.05) is 0 Å². The Morgan fingerprint density at radius 2 is 0.885 bits per heavy atom. The smallest absolute Gasteiger partial charge is 0 e. The number of aliphatic hydroxyl groups is 2. The molecular weight excluding hydrogens is 1820 g/mol. The second-order valence-corrected chi connectivity index (χ2v) is 23.1. The average Bonchev–Trinajstić information content (AvgIpc) is 1.15. The quantitative estimate of drug-likeness (QED) is 0.0256. The summed E-state index contributed by atoms with van der Waals surface area (Å²) < 4.78 is 203. The zero-order valence-corrected chi connectivity index (χ0v) is 66.1. The Bertz CT molecular complexity index is 4160. The molecule has 0 aliphatic heterocycles. The van der Waals surface area contributed by atoms with E-state index in [-0.39, 0.29) is 116 Å². The monoisotopic (exact) mass is 1860 g/mol. The molecule has 0 amide bonds. The SMILES string of the molecule is CC(O)(c1ccn(CC(F)(F)F)n1)c1ccncc1Cl.CC(c1ccn(CC(F)(F)F)n1)c1ccncc1Cl.Clc1cnccc1I.O=C(c1ccn(CC(F)(F)F)n1)c1ccncc1Cl.O=Cc1ccn(CC(F)(F)F)n1.OC(c1ccn(CC(F)(F)F)n1)c1ccncc1Cl.[Br-].[CH3-].[Mg+2].[O]=[Mn]=[O].[Zn]. The van der Waals surface area contributed by atoms with Crippen LogP contribution in [0.15, 0.2) is 154 Å². The van der Waals surface area contributed by atoms with Crippen molar-refractivity contribution >= 4 is 116 Å². The number of aldehydes is 1. The first-order valence-corrected chi connectivity index (χ1v) is 30.9. The number of aliphatic hydroxyl groups excluding tert-OH is 1. The molecule has 0 saturated heterocycles. The molecule has 104 heavy (non-hydrogen) atoms. The summed E-state index contributed by atoms with van der Waals surface area (Å²) in [4.78, 5) is 40.9. The van der Waals surface area contributed by atoms with E-state index in [4.69, 9.17) is 65.7 Å². The zero-order chi connectivity index (χ0) is 75.0. The Kier molecular flexibility index (Phi) is 42.6. The predicted octanol–water partition coefficient (Wildman–Crippen LogP) is 12.1. The largest absolute Gasteiger partial charge is 0 e. The molecule has 10 aromatic rings. The number of pyridine rings is 5. The second-order valence-electron chi connectivity index (χ2n) is 19.7. The summed E-state index contributed by atoms with van der Waals surface area (Å²) in [5.41, 5.74) is 0.612. The first kappa shape index (κ1) is 98.2. The van der Waals surface area contributed by atoms with Crippen LogP contribution in [0.4, 0.5) is 65.9 Å². The van der Waals surface area contributed by atoms with Crippen LogP contribution < -0.4 is 17.0 Å². The fourth-order valence-corrected chi connectivity index (χ4v) is 9.10. The van der Waals surface area contributed by atoms with Crippen LogP contribution in [0.25, 0.3) is 0 Å². The van der Waals surface area contributed by atoms with Crippen LogP contribution in [0.1, 0.15) is 86.2 Å². The number of rotatable bonds is 14. The Morgan fingerprint density at radius 3 is 1.31 bits per heavy atom. The Morgan fingerprint density at radius 1 is 0.519 bits per heavy atom. The summed E-state index contributed by atoms with van der Waals surface area (Å²) in [7, 11) is 0. The number of hydrogen-bond acceptors (Lipinski definition) is 16. The van der Waals surface area contributed by atoms with Crippen molar-refractivity contribution in [3.63, 3.8) is 0 Å². The second kappa shape index (κ2) is 45.1. The van der Waals surface area contributed by atoms with Gasteiger partial charge in [-0.1, -0.05) is 64.9 Å². The molecule has 0 aromatic carbocycles. The van der Waals surface area contributed by atoms with Crippen LogP contribution >= 0.6 is 80.6 Å². The third kappa shape index (κ3) is 35.3. The number of nitrogens with zero attached hydrogens (tertiary/aromatic N) is 15. The van der Waals surface area contributed by atoms with Crippen molar-refractivity contribution in [1.82, 2.24) is 73.8 Å². The predicted molar refractivity (Wildman–Crippen MR) is 343 cm³/mol. The van der Waals surface area contributed by atoms with Crippen LogP contribution in [-0.2, 0) is 80.3 Å². The fourth-order valence-electron chi connectivity index (χ4n) is 7.66. The summed E-state index contributed by atoms with van der Waals surface area (Å²) in [6.07, 6.45) is -2.04. The van der Waals surface area contributed by atoms with Gasteiger partial charge in [-0.2, -0.15) is 91.3 Å². The molecular formula is C58H49BrCl5F15IMgMnN15O6Zn. The molecule has 0 saturated carbocycles. The molecule has 0 spiro atoms. The maximum atomic E-state index is 12.3. The van der Waals surface area contributed by atoms with Crippen molar-refractivity contribution in [3.05, 3.63) is 240 Å². The van der Waals surface area contributed by atoms with Gasteiger partial charge in [-0.3, -0.25) is 57.9 Å². The van der Waals surface area contributed by atoms with Gasteiger partial charge >= 0.3 is 76.4 Å². The fraction of sp³-hybridized carbons (Fsp3) is 0.259. The molecule has 10 rings (SSSR count). The molecule has 0 aliphatic carbocycles. The van der Waals surface area contributed by atoms with Crippen molar-refractivity contribution in [2.45, 2.75) is 95.1 Å². The van der Waals surface area contributed by atoms with E-state index in [0.29, 0.717) is 47.2 Å². The first-order valence-electron chi connectivity index (χ1n) is 27.0. The molecule has 10 aromatic heterocycles. The maximum absolute atomic E-state index is 12.3. The Labute approximate surface area is 664 Å². The number of aromatic nitrogens is 15. The molecule has 0 fully saturated rings. The van der Waals surface area contributed by atoms with E-state index in [2.05, 4.69) is 73.0 Å². The summed E-state index contributed by atoms with van der Waals surface area (Å²) in [6, 6.07) is 14.6. The van der Waals surface area contributed by atoms with E-state index in [1.54, 1.807) is 30.7 Å². The molecule has 557 valence electrons. The van der Waals surface area contributed by atoms with Crippen LogP contribution in [0.5, 0.6) is 0 Å². The van der Waals surface area contributed by atoms with Crippen LogP contribution in [0.3, 0.4) is 0 Å². The molecule has 3 unspecified atom stereocenters.